The highest BCUT2D eigenvalue weighted by atomic mass is 32.2. The van der Waals surface area contributed by atoms with Crippen molar-refractivity contribution in [1.82, 2.24) is 9.78 Å². The Hall–Kier alpha value is -3.40. The molecule has 3 rings (SSSR count). The van der Waals surface area contributed by atoms with E-state index in [4.69, 9.17) is 9.84 Å². The molecule has 1 aromatic heterocycles. The Labute approximate surface area is 160 Å². The fourth-order valence-corrected chi connectivity index (χ4v) is 3.84. The molecule has 2 aromatic carbocycles. The molecule has 1 heterocycles. The third-order valence-electron chi connectivity index (χ3n) is 4.02. The molecule has 0 unspecified atom stereocenters. The fraction of sp³-hybridized carbons (Fsp3) is 0.111. The van der Waals surface area contributed by atoms with Gasteiger partial charge in [-0.1, -0.05) is 0 Å². The van der Waals surface area contributed by atoms with Crippen LogP contribution in [0.2, 0.25) is 0 Å². The zero-order valence-electron chi connectivity index (χ0n) is 14.9. The summed E-state index contributed by atoms with van der Waals surface area (Å²) in [4.78, 5) is 11.0. The predicted molar refractivity (Wildman–Crippen MR) is 99.0 cm³/mol. The summed E-state index contributed by atoms with van der Waals surface area (Å²) >= 11 is 0. The Kier molecular flexibility index (Phi) is 5.06. The number of rotatable bonds is 6. The minimum absolute atomic E-state index is 0.0416. The molecule has 0 spiro atoms. The largest absolute Gasteiger partial charge is 0.495 e. The van der Waals surface area contributed by atoms with Crippen LogP contribution in [0.5, 0.6) is 5.75 Å². The third-order valence-corrected chi connectivity index (χ3v) is 5.49. The molecule has 2 N–H and O–H groups in total. The number of ether oxygens (including phenoxy) is 1. The molecule has 0 aliphatic carbocycles. The number of carboxylic acids is 1. The molecule has 10 heteroatoms. The minimum atomic E-state index is -4.04. The first kappa shape index (κ1) is 19.4. The number of hydrogen-bond acceptors (Lipinski definition) is 5. The van der Waals surface area contributed by atoms with E-state index in [-0.39, 0.29) is 21.9 Å². The molecule has 0 atom stereocenters. The van der Waals surface area contributed by atoms with Gasteiger partial charge in [-0.05, 0) is 49.4 Å². The number of sulfonamides is 1. The molecular weight excluding hydrogens is 389 g/mol. The summed E-state index contributed by atoms with van der Waals surface area (Å²) in [5, 5.41) is 13.1. The van der Waals surface area contributed by atoms with Crippen molar-refractivity contribution in [3.63, 3.8) is 0 Å². The second-order valence-corrected chi connectivity index (χ2v) is 7.46. The first-order chi connectivity index (χ1) is 13.2. The maximum atomic E-state index is 13.1. The second-order valence-electron chi connectivity index (χ2n) is 5.81. The van der Waals surface area contributed by atoms with E-state index in [1.54, 1.807) is 6.92 Å². The second kappa shape index (κ2) is 7.31. The van der Waals surface area contributed by atoms with E-state index in [2.05, 4.69) is 9.82 Å². The summed E-state index contributed by atoms with van der Waals surface area (Å²) < 4.78 is 47.6. The van der Waals surface area contributed by atoms with Gasteiger partial charge in [0.05, 0.1) is 35.9 Å². The van der Waals surface area contributed by atoms with Gasteiger partial charge in [-0.2, -0.15) is 5.10 Å². The molecular formula is C18H16FN3O5S. The zero-order chi connectivity index (χ0) is 20.5. The summed E-state index contributed by atoms with van der Waals surface area (Å²) in [6.45, 7) is 1.57. The van der Waals surface area contributed by atoms with Crippen LogP contribution in [0.1, 0.15) is 16.1 Å². The van der Waals surface area contributed by atoms with Crippen molar-refractivity contribution in [2.45, 2.75) is 11.8 Å². The maximum absolute atomic E-state index is 13.1. The first-order valence-electron chi connectivity index (χ1n) is 7.97. The van der Waals surface area contributed by atoms with Crippen molar-refractivity contribution in [2.75, 3.05) is 11.8 Å². The monoisotopic (exact) mass is 405 g/mol. The summed E-state index contributed by atoms with van der Waals surface area (Å²) in [7, 11) is -2.74. The van der Waals surface area contributed by atoms with Crippen LogP contribution in [0.15, 0.2) is 53.6 Å². The highest BCUT2D eigenvalue weighted by Gasteiger charge is 2.23. The highest BCUT2D eigenvalue weighted by Crippen LogP contribution is 2.29. The Morgan fingerprint density at radius 1 is 1.21 bits per heavy atom. The summed E-state index contributed by atoms with van der Waals surface area (Å²) in [6.07, 6.45) is 1.18. The number of nitrogens with zero attached hydrogens (tertiary/aromatic N) is 2. The van der Waals surface area contributed by atoms with Crippen molar-refractivity contribution in [2.24, 2.45) is 0 Å². The topological polar surface area (TPSA) is 111 Å². The number of methoxy groups -OCH3 is 1. The molecule has 0 saturated heterocycles. The van der Waals surface area contributed by atoms with Crippen LogP contribution in [-0.2, 0) is 10.0 Å². The molecule has 0 radical (unpaired) electrons. The lowest BCUT2D eigenvalue weighted by molar-refractivity contribution is 0.0696. The standard InChI is InChI=1S/C18H16FN3O5S/c1-11-17(10-20-22(11)14-6-4-13(19)5-7-14)28(25,26)21-15-8-3-12(18(23)24)9-16(15)27-2/h3-10,21H,1-2H3,(H,23,24). The van der Waals surface area contributed by atoms with Gasteiger partial charge in [-0.3, -0.25) is 4.72 Å². The van der Waals surface area contributed by atoms with Gasteiger partial charge in [0, 0.05) is 0 Å². The summed E-state index contributed by atoms with van der Waals surface area (Å²) in [6, 6.07) is 9.24. The Balaban J connectivity index is 1.96. The van der Waals surface area contributed by atoms with Crippen LogP contribution in [0.25, 0.3) is 5.69 Å². The van der Waals surface area contributed by atoms with Gasteiger partial charge in [0.25, 0.3) is 10.0 Å². The van der Waals surface area contributed by atoms with Crippen molar-refractivity contribution in [1.29, 1.82) is 0 Å². The average Bonchev–Trinajstić information content (AvgIpc) is 3.04. The van der Waals surface area contributed by atoms with Crippen LogP contribution in [-0.4, -0.2) is 36.4 Å². The number of nitrogens with one attached hydrogen (secondary N) is 1. The number of halogens is 1. The van der Waals surface area contributed by atoms with Gasteiger partial charge in [-0.15, -0.1) is 0 Å². The van der Waals surface area contributed by atoms with Crippen LogP contribution >= 0.6 is 0 Å². The molecule has 0 bridgehead atoms. The van der Waals surface area contributed by atoms with Gasteiger partial charge in [0.15, 0.2) is 0 Å². The number of aromatic carboxylic acids is 1. The van der Waals surface area contributed by atoms with E-state index >= 15 is 0 Å². The fourth-order valence-electron chi connectivity index (χ4n) is 2.61. The van der Waals surface area contributed by atoms with Gasteiger partial charge in [-0.25, -0.2) is 22.3 Å². The number of carbonyl (C=O) groups is 1. The normalized spacial score (nSPS) is 11.2. The number of aromatic nitrogens is 2. The van der Waals surface area contributed by atoms with Gasteiger partial charge >= 0.3 is 5.97 Å². The molecule has 0 saturated carbocycles. The van der Waals surface area contributed by atoms with Crippen LogP contribution < -0.4 is 9.46 Å². The maximum Gasteiger partial charge on any atom is 0.335 e. The zero-order valence-corrected chi connectivity index (χ0v) is 15.7. The molecule has 8 nitrogen and oxygen atoms in total. The lowest BCUT2D eigenvalue weighted by Gasteiger charge is -2.12. The number of anilines is 1. The Morgan fingerprint density at radius 3 is 2.50 bits per heavy atom. The minimum Gasteiger partial charge on any atom is -0.495 e. The third kappa shape index (κ3) is 3.67. The molecule has 0 fully saturated rings. The average molecular weight is 405 g/mol. The van der Waals surface area contributed by atoms with Gasteiger partial charge in [0.2, 0.25) is 0 Å². The first-order valence-corrected chi connectivity index (χ1v) is 9.46. The number of benzene rings is 2. The summed E-state index contributed by atoms with van der Waals surface area (Å²) in [5.41, 5.74) is 0.866. The highest BCUT2D eigenvalue weighted by molar-refractivity contribution is 7.92. The van der Waals surface area contributed by atoms with Gasteiger partial charge < -0.3 is 9.84 Å². The smallest absolute Gasteiger partial charge is 0.335 e. The van der Waals surface area contributed by atoms with Crippen LogP contribution in [0.4, 0.5) is 10.1 Å². The van der Waals surface area contributed by atoms with E-state index in [1.807, 2.05) is 0 Å². The lowest BCUT2D eigenvalue weighted by Crippen LogP contribution is -2.15. The van der Waals surface area contributed by atoms with E-state index in [0.717, 1.165) is 0 Å². The molecule has 0 aliphatic heterocycles. The number of carboxylic acid groups (broad SMARTS) is 1. The molecule has 0 amide bonds. The van der Waals surface area contributed by atoms with Crippen molar-refractivity contribution < 1.29 is 27.4 Å². The van der Waals surface area contributed by atoms with Crippen molar-refractivity contribution in [3.05, 3.63) is 65.7 Å². The van der Waals surface area contributed by atoms with Gasteiger partial charge in [0.1, 0.15) is 16.5 Å². The Morgan fingerprint density at radius 2 is 1.89 bits per heavy atom. The van der Waals surface area contributed by atoms with E-state index < -0.39 is 21.8 Å². The van der Waals surface area contributed by atoms with E-state index in [0.29, 0.717) is 11.4 Å². The molecule has 3 aromatic rings. The SMILES string of the molecule is COc1cc(C(=O)O)ccc1NS(=O)(=O)c1cnn(-c2ccc(F)cc2)c1C. The summed E-state index contributed by atoms with van der Waals surface area (Å²) in [5.74, 6) is -1.52. The van der Waals surface area contributed by atoms with Crippen LogP contribution in [0, 0.1) is 12.7 Å². The number of hydrogen-bond donors (Lipinski definition) is 2. The Bertz CT molecular complexity index is 1140. The van der Waals surface area contributed by atoms with Crippen molar-refractivity contribution >= 4 is 21.7 Å². The van der Waals surface area contributed by atoms with E-state index in [1.165, 1.54) is 60.5 Å². The predicted octanol–water partition coefficient (Wildman–Crippen LogP) is 2.83. The molecule has 146 valence electrons. The quantitative estimate of drug-likeness (QED) is 0.652. The lowest BCUT2D eigenvalue weighted by atomic mass is 10.2. The van der Waals surface area contributed by atoms with Crippen LogP contribution in [0.3, 0.4) is 0 Å². The van der Waals surface area contributed by atoms with E-state index in [9.17, 15) is 17.6 Å². The molecule has 0 aliphatic rings. The molecule has 28 heavy (non-hydrogen) atoms. The van der Waals surface area contributed by atoms with Crippen molar-refractivity contribution in [3.8, 4) is 11.4 Å².